The number of aromatic amines is 1. The molecule has 3 aromatic rings. The van der Waals surface area contributed by atoms with Gasteiger partial charge in [0, 0.05) is 24.7 Å². The molecule has 1 saturated heterocycles. The van der Waals surface area contributed by atoms with Crippen LogP contribution in [-0.4, -0.2) is 64.0 Å². The Kier molecular flexibility index (Phi) is 6.22. The fourth-order valence-electron chi connectivity index (χ4n) is 3.46. The normalized spacial score (nSPS) is 15.1. The lowest BCUT2D eigenvalue weighted by molar-refractivity contribution is 0.0553. The maximum atomic E-state index is 12.8. The molecule has 2 aromatic heterocycles. The number of carbonyl (C=O) groups is 1. The highest BCUT2D eigenvalue weighted by atomic mass is 16.5. The number of rotatable bonds is 6. The Balaban J connectivity index is 1.61. The number of allylic oxidation sites excluding steroid dienone is 2. The number of nitrogens with one attached hydrogen (secondary N) is 2. The van der Waals surface area contributed by atoms with E-state index in [9.17, 15) is 4.79 Å². The van der Waals surface area contributed by atoms with Crippen LogP contribution in [0.5, 0.6) is 0 Å². The molecule has 4 rings (SSSR count). The van der Waals surface area contributed by atoms with E-state index in [4.69, 9.17) is 10.5 Å². The lowest BCUT2D eigenvalue weighted by atomic mass is 10.0. The van der Waals surface area contributed by atoms with Crippen molar-refractivity contribution in [3.05, 3.63) is 59.8 Å². The lowest BCUT2D eigenvalue weighted by Gasteiger charge is -2.29. The number of H-pyrrole nitrogens is 1. The molecule has 32 heavy (non-hydrogen) atoms. The number of hydrogen-bond acceptors (Lipinski definition) is 8. The molecule has 0 radical (unpaired) electrons. The lowest BCUT2D eigenvalue weighted by Crippen LogP contribution is -2.35. The first kappa shape index (κ1) is 21.2. The van der Waals surface area contributed by atoms with Crippen molar-refractivity contribution in [2.45, 2.75) is 6.92 Å². The maximum absolute atomic E-state index is 12.8. The van der Waals surface area contributed by atoms with Crippen LogP contribution in [0, 0.1) is 0 Å². The Bertz CT molecular complexity index is 1190. The van der Waals surface area contributed by atoms with Crippen LogP contribution in [0.15, 0.2) is 53.6 Å². The van der Waals surface area contributed by atoms with Crippen LogP contribution in [-0.2, 0) is 4.74 Å². The molecule has 0 bridgehead atoms. The average molecular weight is 432 g/mol. The van der Waals surface area contributed by atoms with Gasteiger partial charge >= 0.3 is 0 Å². The van der Waals surface area contributed by atoms with Crippen molar-refractivity contribution in [1.29, 1.82) is 0 Å². The standard InChI is InChI=1S/C22H24N8O2/c1-14(9-17(13-24-2)30-5-7-32-8-6-30)15-3-4-19-18(10-15)20(29-28-19)21(31)27-16-11-25-22(23)26-12-16/h3-4,9-13H,2,5-8H2,1H3,(H,27,31)(H,28,29)(H2,23,25,26)/b14-9+,17-13+. The third kappa shape index (κ3) is 4.65. The van der Waals surface area contributed by atoms with E-state index >= 15 is 0 Å². The Morgan fingerprint density at radius 2 is 2.06 bits per heavy atom. The van der Waals surface area contributed by atoms with Gasteiger partial charge in [-0.3, -0.25) is 14.9 Å². The first-order valence-electron chi connectivity index (χ1n) is 10.1. The van der Waals surface area contributed by atoms with Crippen molar-refractivity contribution in [3.63, 3.8) is 0 Å². The zero-order valence-electron chi connectivity index (χ0n) is 17.7. The summed E-state index contributed by atoms with van der Waals surface area (Å²) in [5.74, 6) is -0.231. The van der Waals surface area contributed by atoms with E-state index in [0.29, 0.717) is 24.3 Å². The number of hydrogen-bond donors (Lipinski definition) is 3. The molecule has 1 aromatic carbocycles. The molecule has 1 amide bonds. The van der Waals surface area contributed by atoms with Gasteiger partial charge in [0.05, 0.1) is 42.5 Å². The minimum Gasteiger partial charge on any atom is -0.378 e. The third-order valence-corrected chi connectivity index (χ3v) is 5.13. The van der Waals surface area contributed by atoms with Crippen LogP contribution in [0.3, 0.4) is 0 Å². The number of nitrogens with two attached hydrogens (primary N) is 1. The molecule has 0 saturated carbocycles. The minimum atomic E-state index is -0.367. The SMILES string of the molecule is C=N/C=C(\C=C(/C)c1ccc2[nH]nc(C(=O)Nc3cnc(N)nc3)c2c1)N1CCOCC1. The summed E-state index contributed by atoms with van der Waals surface area (Å²) in [7, 11) is 0. The number of nitrogen functional groups attached to an aromatic ring is 1. The molecule has 4 N–H and O–H groups in total. The summed E-state index contributed by atoms with van der Waals surface area (Å²) in [4.78, 5) is 26.7. The first-order chi connectivity index (χ1) is 15.5. The molecule has 1 fully saturated rings. The molecule has 1 aliphatic rings. The van der Waals surface area contributed by atoms with Crippen molar-refractivity contribution in [2.24, 2.45) is 4.99 Å². The molecule has 1 aliphatic heterocycles. The van der Waals surface area contributed by atoms with Gasteiger partial charge in [-0.05, 0) is 43.0 Å². The molecule has 164 valence electrons. The molecule has 0 spiro atoms. The zero-order chi connectivity index (χ0) is 22.5. The van der Waals surface area contributed by atoms with Crippen LogP contribution in [0.25, 0.3) is 16.5 Å². The van der Waals surface area contributed by atoms with E-state index < -0.39 is 0 Å². The minimum absolute atomic E-state index is 0.136. The summed E-state index contributed by atoms with van der Waals surface area (Å²) >= 11 is 0. The average Bonchev–Trinajstić information content (AvgIpc) is 3.24. The van der Waals surface area contributed by atoms with Crippen LogP contribution < -0.4 is 11.1 Å². The van der Waals surface area contributed by atoms with E-state index in [-0.39, 0.29) is 17.5 Å². The van der Waals surface area contributed by atoms with Gasteiger partial charge in [0.1, 0.15) is 0 Å². The second-order valence-corrected chi connectivity index (χ2v) is 7.28. The number of morpholine rings is 1. The van der Waals surface area contributed by atoms with Crippen molar-refractivity contribution in [3.8, 4) is 0 Å². The predicted octanol–water partition coefficient (Wildman–Crippen LogP) is 2.46. The Morgan fingerprint density at radius 3 is 2.78 bits per heavy atom. The fraction of sp³-hybridized carbons (Fsp3) is 0.227. The summed E-state index contributed by atoms with van der Waals surface area (Å²) < 4.78 is 5.44. The number of ether oxygens (including phenoxy) is 1. The summed E-state index contributed by atoms with van der Waals surface area (Å²) in [5, 5.41) is 10.6. The molecular formula is C22H24N8O2. The number of fused-ring (bicyclic) bond motifs is 1. The van der Waals surface area contributed by atoms with Gasteiger partial charge in [-0.15, -0.1) is 0 Å². The molecule has 10 nitrogen and oxygen atoms in total. The second-order valence-electron chi connectivity index (χ2n) is 7.28. The maximum Gasteiger partial charge on any atom is 0.276 e. The van der Waals surface area contributed by atoms with Gasteiger partial charge in [-0.2, -0.15) is 5.10 Å². The number of nitrogens with zero attached hydrogens (tertiary/aromatic N) is 5. The Morgan fingerprint density at radius 1 is 1.31 bits per heavy atom. The van der Waals surface area contributed by atoms with Gasteiger partial charge in [0.25, 0.3) is 5.91 Å². The molecule has 10 heteroatoms. The van der Waals surface area contributed by atoms with Gasteiger partial charge < -0.3 is 20.7 Å². The highest BCUT2D eigenvalue weighted by Crippen LogP contribution is 2.25. The van der Waals surface area contributed by atoms with Crippen LogP contribution >= 0.6 is 0 Å². The van der Waals surface area contributed by atoms with Crippen molar-refractivity contribution in [1.82, 2.24) is 25.1 Å². The third-order valence-electron chi connectivity index (χ3n) is 5.13. The Hall–Kier alpha value is -4.05. The summed E-state index contributed by atoms with van der Waals surface area (Å²) in [6, 6.07) is 5.83. The monoisotopic (exact) mass is 432 g/mol. The molecule has 0 atom stereocenters. The topological polar surface area (TPSA) is 134 Å². The summed E-state index contributed by atoms with van der Waals surface area (Å²) in [6.07, 6.45) is 6.70. The number of anilines is 2. The number of aliphatic imine (C=N–C) groups is 1. The molecule has 0 unspecified atom stereocenters. The number of carbonyl (C=O) groups excluding carboxylic acids is 1. The van der Waals surface area contributed by atoms with E-state index in [1.54, 1.807) is 6.20 Å². The van der Waals surface area contributed by atoms with E-state index in [2.05, 4.69) is 48.2 Å². The summed E-state index contributed by atoms with van der Waals surface area (Å²) in [5.41, 5.74) is 9.92. The van der Waals surface area contributed by atoms with Crippen LogP contribution in [0.4, 0.5) is 11.6 Å². The van der Waals surface area contributed by atoms with Gasteiger partial charge in [-0.25, -0.2) is 9.97 Å². The van der Waals surface area contributed by atoms with Crippen LogP contribution in [0.1, 0.15) is 23.0 Å². The highest BCUT2D eigenvalue weighted by Gasteiger charge is 2.16. The smallest absolute Gasteiger partial charge is 0.276 e. The van der Waals surface area contributed by atoms with Gasteiger partial charge in [0.2, 0.25) is 5.95 Å². The predicted molar refractivity (Wildman–Crippen MR) is 124 cm³/mol. The fourth-order valence-corrected chi connectivity index (χ4v) is 3.46. The first-order valence-corrected chi connectivity index (χ1v) is 10.1. The van der Waals surface area contributed by atoms with Crippen molar-refractivity contribution in [2.75, 3.05) is 37.4 Å². The molecular weight excluding hydrogens is 408 g/mol. The largest absolute Gasteiger partial charge is 0.378 e. The number of aromatic nitrogens is 4. The highest BCUT2D eigenvalue weighted by molar-refractivity contribution is 6.11. The summed E-state index contributed by atoms with van der Waals surface area (Å²) in [6.45, 7) is 8.57. The van der Waals surface area contributed by atoms with Gasteiger partial charge in [-0.1, -0.05) is 6.07 Å². The van der Waals surface area contributed by atoms with E-state index in [1.807, 2.05) is 25.1 Å². The quantitative estimate of drug-likeness (QED) is 0.402. The number of amides is 1. The molecule has 3 heterocycles. The second kappa shape index (κ2) is 9.40. The van der Waals surface area contributed by atoms with E-state index in [1.165, 1.54) is 12.4 Å². The van der Waals surface area contributed by atoms with Crippen molar-refractivity contribution < 1.29 is 9.53 Å². The van der Waals surface area contributed by atoms with Crippen molar-refractivity contribution >= 4 is 40.7 Å². The zero-order valence-corrected chi connectivity index (χ0v) is 17.7. The van der Waals surface area contributed by atoms with Gasteiger partial charge in [0.15, 0.2) is 5.69 Å². The molecule has 0 aliphatic carbocycles. The number of benzene rings is 1. The Labute approximate surface area is 184 Å². The van der Waals surface area contributed by atoms with E-state index in [0.717, 1.165) is 35.4 Å². The van der Waals surface area contributed by atoms with Crippen LogP contribution in [0.2, 0.25) is 0 Å².